The SMILES string of the molecule is COC(=O)c1coc([C@H](CO)NC(=O)C(C)(C)C)n1. The molecular weight excluding hydrogens is 252 g/mol. The summed E-state index contributed by atoms with van der Waals surface area (Å²) in [5.41, 5.74) is -0.619. The largest absolute Gasteiger partial charge is 0.464 e. The molecule has 1 rings (SSSR count). The molecule has 19 heavy (non-hydrogen) atoms. The number of aromatic nitrogens is 1. The lowest BCUT2D eigenvalue weighted by Gasteiger charge is -2.21. The number of oxazole rings is 1. The summed E-state index contributed by atoms with van der Waals surface area (Å²) in [6.45, 7) is 4.84. The maximum Gasteiger partial charge on any atom is 0.360 e. The van der Waals surface area contributed by atoms with Crippen LogP contribution in [-0.2, 0) is 9.53 Å². The van der Waals surface area contributed by atoms with E-state index in [0.29, 0.717) is 0 Å². The molecule has 0 bridgehead atoms. The molecule has 1 aromatic rings. The van der Waals surface area contributed by atoms with Crippen LogP contribution in [-0.4, -0.2) is 35.7 Å². The summed E-state index contributed by atoms with van der Waals surface area (Å²) in [4.78, 5) is 26.9. The highest BCUT2D eigenvalue weighted by atomic mass is 16.5. The Labute approximate surface area is 111 Å². The molecule has 0 saturated carbocycles. The summed E-state index contributed by atoms with van der Waals surface area (Å²) in [7, 11) is 1.22. The highest BCUT2D eigenvalue weighted by molar-refractivity contribution is 5.86. The average molecular weight is 270 g/mol. The first-order chi connectivity index (χ1) is 8.79. The topological polar surface area (TPSA) is 102 Å². The van der Waals surface area contributed by atoms with E-state index < -0.39 is 17.4 Å². The molecule has 0 aliphatic heterocycles. The average Bonchev–Trinajstić information content (AvgIpc) is 2.82. The van der Waals surface area contributed by atoms with Gasteiger partial charge >= 0.3 is 5.97 Å². The Kier molecular flexibility index (Phi) is 4.66. The molecule has 2 N–H and O–H groups in total. The quantitative estimate of drug-likeness (QED) is 0.779. The van der Waals surface area contributed by atoms with E-state index in [1.807, 2.05) is 0 Å². The predicted molar refractivity (Wildman–Crippen MR) is 65.3 cm³/mol. The van der Waals surface area contributed by atoms with Gasteiger partial charge in [-0.15, -0.1) is 0 Å². The van der Waals surface area contributed by atoms with E-state index in [4.69, 9.17) is 4.42 Å². The highest BCUT2D eigenvalue weighted by Gasteiger charge is 2.27. The van der Waals surface area contributed by atoms with Crippen LogP contribution in [0, 0.1) is 5.41 Å². The number of methoxy groups -OCH3 is 1. The summed E-state index contributed by atoms with van der Waals surface area (Å²) in [5, 5.41) is 11.9. The van der Waals surface area contributed by atoms with Crippen LogP contribution in [0.25, 0.3) is 0 Å². The smallest absolute Gasteiger partial charge is 0.360 e. The molecule has 7 heteroatoms. The summed E-state index contributed by atoms with van der Waals surface area (Å²) in [5.74, 6) is -0.848. The fourth-order valence-electron chi connectivity index (χ4n) is 1.21. The molecule has 1 atom stereocenters. The second-order valence-corrected chi connectivity index (χ2v) is 5.02. The van der Waals surface area contributed by atoms with Gasteiger partial charge in [0.25, 0.3) is 0 Å². The van der Waals surface area contributed by atoms with Crippen LogP contribution >= 0.6 is 0 Å². The fraction of sp³-hybridized carbons (Fsp3) is 0.583. The van der Waals surface area contributed by atoms with Gasteiger partial charge in [0.15, 0.2) is 5.69 Å². The summed E-state index contributed by atoms with van der Waals surface area (Å²) >= 11 is 0. The minimum absolute atomic E-state index is 0.0130. The van der Waals surface area contributed by atoms with Gasteiger partial charge in [-0.25, -0.2) is 9.78 Å². The van der Waals surface area contributed by atoms with Gasteiger partial charge in [0.1, 0.15) is 12.3 Å². The number of nitrogens with zero attached hydrogens (tertiary/aromatic N) is 1. The first-order valence-electron chi connectivity index (χ1n) is 5.75. The normalized spacial score (nSPS) is 12.9. The molecular formula is C12H18N2O5. The van der Waals surface area contributed by atoms with E-state index in [1.54, 1.807) is 20.8 Å². The summed E-state index contributed by atoms with van der Waals surface area (Å²) in [6, 6.07) is -0.801. The number of amides is 1. The van der Waals surface area contributed by atoms with Crippen molar-refractivity contribution < 1.29 is 23.8 Å². The Morgan fingerprint density at radius 2 is 2.16 bits per heavy atom. The molecule has 7 nitrogen and oxygen atoms in total. The van der Waals surface area contributed by atoms with Crippen molar-refractivity contribution in [3.63, 3.8) is 0 Å². The number of carbonyl (C=O) groups is 2. The van der Waals surface area contributed by atoms with Crippen LogP contribution in [0.4, 0.5) is 0 Å². The minimum atomic E-state index is -0.801. The molecule has 0 aliphatic rings. The molecule has 1 heterocycles. The third kappa shape index (κ3) is 3.78. The number of hydrogen-bond acceptors (Lipinski definition) is 6. The van der Waals surface area contributed by atoms with Gasteiger partial charge < -0.3 is 19.6 Å². The first kappa shape index (κ1) is 15.2. The monoisotopic (exact) mass is 270 g/mol. The third-order valence-electron chi connectivity index (χ3n) is 2.38. The Bertz CT molecular complexity index is 461. The predicted octanol–water partition coefficient (Wildman–Crippen LogP) is 0.657. The minimum Gasteiger partial charge on any atom is -0.464 e. The zero-order valence-corrected chi connectivity index (χ0v) is 11.4. The lowest BCUT2D eigenvalue weighted by atomic mass is 9.95. The highest BCUT2D eigenvalue weighted by Crippen LogP contribution is 2.18. The van der Waals surface area contributed by atoms with Crippen molar-refractivity contribution in [2.45, 2.75) is 26.8 Å². The van der Waals surface area contributed by atoms with Gasteiger partial charge in [0.2, 0.25) is 11.8 Å². The Hall–Kier alpha value is -1.89. The Balaban J connectivity index is 2.83. The fourth-order valence-corrected chi connectivity index (χ4v) is 1.21. The summed E-state index contributed by atoms with van der Waals surface area (Å²) in [6.07, 6.45) is 1.12. The number of rotatable bonds is 4. The van der Waals surface area contributed by atoms with Crippen molar-refractivity contribution in [3.8, 4) is 0 Å². The number of aliphatic hydroxyl groups excluding tert-OH is 1. The zero-order chi connectivity index (χ0) is 14.6. The summed E-state index contributed by atoms with van der Waals surface area (Å²) < 4.78 is 9.55. The van der Waals surface area contributed by atoms with Crippen molar-refractivity contribution in [1.29, 1.82) is 0 Å². The molecule has 0 fully saturated rings. The van der Waals surface area contributed by atoms with E-state index in [1.165, 1.54) is 7.11 Å². The van der Waals surface area contributed by atoms with Gasteiger partial charge in [-0.3, -0.25) is 4.79 Å². The molecule has 0 spiro atoms. The second-order valence-electron chi connectivity index (χ2n) is 5.02. The zero-order valence-electron chi connectivity index (χ0n) is 11.4. The lowest BCUT2D eigenvalue weighted by molar-refractivity contribution is -0.129. The molecule has 106 valence electrons. The first-order valence-corrected chi connectivity index (χ1v) is 5.75. The van der Waals surface area contributed by atoms with Crippen molar-refractivity contribution in [3.05, 3.63) is 17.8 Å². The molecule has 0 radical (unpaired) electrons. The van der Waals surface area contributed by atoms with Crippen LogP contribution in [0.15, 0.2) is 10.7 Å². The second kappa shape index (κ2) is 5.83. The number of esters is 1. The molecule has 0 aromatic carbocycles. The van der Waals surface area contributed by atoms with Gasteiger partial charge in [0.05, 0.1) is 13.7 Å². The van der Waals surface area contributed by atoms with Crippen LogP contribution in [0.1, 0.15) is 43.2 Å². The molecule has 0 aliphatic carbocycles. The number of hydrogen-bond donors (Lipinski definition) is 2. The molecule has 1 aromatic heterocycles. The van der Waals surface area contributed by atoms with Crippen molar-refractivity contribution in [2.75, 3.05) is 13.7 Å². The van der Waals surface area contributed by atoms with E-state index >= 15 is 0 Å². The van der Waals surface area contributed by atoms with Crippen LogP contribution < -0.4 is 5.32 Å². The Morgan fingerprint density at radius 1 is 1.53 bits per heavy atom. The van der Waals surface area contributed by atoms with E-state index in [2.05, 4.69) is 15.0 Å². The maximum atomic E-state index is 11.8. The number of nitrogens with one attached hydrogen (secondary N) is 1. The third-order valence-corrected chi connectivity index (χ3v) is 2.38. The molecule has 1 amide bonds. The molecule has 0 unspecified atom stereocenters. The van der Waals surface area contributed by atoms with Crippen LogP contribution in [0.2, 0.25) is 0 Å². The number of carbonyl (C=O) groups excluding carboxylic acids is 2. The molecule has 0 saturated heterocycles. The van der Waals surface area contributed by atoms with Crippen molar-refractivity contribution in [2.24, 2.45) is 5.41 Å². The lowest BCUT2D eigenvalue weighted by Crippen LogP contribution is -2.38. The van der Waals surface area contributed by atoms with Gasteiger partial charge in [0, 0.05) is 5.41 Å². The maximum absolute atomic E-state index is 11.8. The Morgan fingerprint density at radius 3 is 2.63 bits per heavy atom. The van der Waals surface area contributed by atoms with Crippen LogP contribution in [0.3, 0.4) is 0 Å². The van der Waals surface area contributed by atoms with E-state index in [-0.39, 0.29) is 24.1 Å². The number of ether oxygens (including phenoxy) is 1. The van der Waals surface area contributed by atoms with Gasteiger partial charge in [-0.05, 0) is 0 Å². The van der Waals surface area contributed by atoms with Gasteiger partial charge in [-0.2, -0.15) is 0 Å². The van der Waals surface area contributed by atoms with E-state index in [0.717, 1.165) is 6.26 Å². The van der Waals surface area contributed by atoms with Crippen LogP contribution in [0.5, 0.6) is 0 Å². The number of aliphatic hydroxyl groups is 1. The van der Waals surface area contributed by atoms with Crippen molar-refractivity contribution in [1.82, 2.24) is 10.3 Å². The van der Waals surface area contributed by atoms with E-state index in [9.17, 15) is 14.7 Å². The standard InChI is InChI=1S/C12H18N2O5/c1-12(2,3)11(17)14-7(5-15)9-13-8(6-19-9)10(16)18-4/h6-7,15H,5H2,1-4H3,(H,14,17)/t7-/m0/s1. The van der Waals surface area contributed by atoms with Gasteiger partial charge in [-0.1, -0.05) is 20.8 Å². The van der Waals surface area contributed by atoms with Crippen molar-refractivity contribution >= 4 is 11.9 Å².